The maximum absolute atomic E-state index is 5.61. The molecular formula is C15H17N3O2S. The van der Waals surface area contributed by atoms with Gasteiger partial charge in [-0.2, -0.15) is 0 Å². The van der Waals surface area contributed by atoms with E-state index in [1.807, 2.05) is 38.2 Å². The molecule has 2 heterocycles. The molecule has 0 bridgehead atoms. The van der Waals surface area contributed by atoms with Crippen molar-refractivity contribution >= 4 is 17.7 Å². The van der Waals surface area contributed by atoms with E-state index in [0.717, 1.165) is 33.5 Å². The first-order valence-corrected chi connectivity index (χ1v) is 7.73. The Kier molecular flexibility index (Phi) is 4.15. The van der Waals surface area contributed by atoms with Crippen molar-refractivity contribution in [1.29, 1.82) is 0 Å². The standard InChI is InChI=1S/C15H17N3O2S/c1-3-16-15-17-9-10(2)14(18-15)21-11-4-5-12-13(8-11)20-7-6-19-12/h4-5,8-9H,3,6-7H2,1-2H3,(H,16,17,18). The average molecular weight is 303 g/mol. The van der Waals surface area contributed by atoms with Crippen LogP contribution >= 0.6 is 11.8 Å². The monoisotopic (exact) mass is 303 g/mol. The molecule has 0 aliphatic carbocycles. The van der Waals surface area contributed by atoms with Crippen LogP contribution in [0.15, 0.2) is 34.3 Å². The Morgan fingerprint density at radius 3 is 2.86 bits per heavy atom. The van der Waals surface area contributed by atoms with Gasteiger partial charge >= 0.3 is 0 Å². The van der Waals surface area contributed by atoms with E-state index in [1.165, 1.54) is 0 Å². The Labute approximate surface area is 128 Å². The molecule has 5 nitrogen and oxygen atoms in total. The van der Waals surface area contributed by atoms with Gasteiger partial charge in [0.2, 0.25) is 5.95 Å². The molecule has 110 valence electrons. The number of aryl methyl sites for hydroxylation is 1. The van der Waals surface area contributed by atoms with E-state index in [1.54, 1.807) is 11.8 Å². The molecular weight excluding hydrogens is 286 g/mol. The molecule has 0 amide bonds. The number of ether oxygens (including phenoxy) is 2. The Morgan fingerprint density at radius 2 is 2.05 bits per heavy atom. The zero-order chi connectivity index (χ0) is 14.7. The number of rotatable bonds is 4. The van der Waals surface area contributed by atoms with Crippen LogP contribution in [0.5, 0.6) is 11.5 Å². The minimum absolute atomic E-state index is 0.595. The molecule has 1 aromatic carbocycles. The van der Waals surface area contributed by atoms with Crippen LogP contribution in [0.1, 0.15) is 12.5 Å². The summed E-state index contributed by atoms with van der Waals surface area (Å²) in [6.45, 7) is 6.04. The number of benzene rings is 1. The van der Waals surface area contributed by atoms with Gasteiger partial charge in [0.1, 0.15) is 18.2 Å². The third-order valence-electron chi connectivity index (χ3n) is 2.99. The Hall–Kier alpha value is -1.95. The highest BCUT2D eigenvalue weighted by Crippen LogP contribution is 2.37. The zero-order valence-electron chi connectivity index (χ0n) is 12.0. The highest BCUT2D eigenvalue weighted by atomic mass is 32.2. The second-order valence-corrected chi connectivity index (χ2v) is 5.68. The summed E-state index contributed by atoms with van der Waals surface area (Å²) in [7, 11) is 0. The van der Waals surface area contributed by atoms with Gasteiger partial charge in [0, 0.05) is 23.2 Å². The first-order valence-electron chi connectivity index (χ1n) is 6.91. The van der Waals surface area contributed by atoms with Gasteiger partial charge in [-0.15, -0.1) is 0 Å². The highest BCUT2D eigenvalue weighted by Gasteiger charge is 2.13. The minimum atomic E-state index is 0.595. The smallest absolute Gasteiger partial charge is 0.223 e. The van der Waals surface area contributed by atoms with Gasteiger partial charge in [0.25, 0.3) is 0 Å². The molecule has 1 aromatic heterocycles. The maximum Gasteiger partial charge on any atom is 0.223 e. The normalized spacial score (nSPS) is 13.0. The molecule has 0 spiro atoms. The highest BCUT2D eigenvalue weighted by molar-refractivity contribution is 7.99. The number of nitrogens with one attached hydrogen (secondary N) is 1. The third kappa shape index (κ3) is 3.21. The third-order valence-corrected chi connectivity index (χ3v) is 4.08. The molecule has 0 fully saturated rings. The SMILES string of the molecule is CCNc1ncc(C)c(Sc2ccc3c(c2)OCCO3)n1. The molecule has 1 aliphatic heterocycles. The van der Waals surface area contributed by atoms with Crippen LogP contribution in [0.3, 0.4) is 0 Å². The van der Waals surface area contributed by atoms with E-state index >= 15 is 0 Å². The van der Waals surface area contributed by atoms with Crippen molar-refractivity contribution in [1.82, 2.24) is 9.97 Å². The van der Waals surface area contributed by atoms with Crippen LogP contribution in [0.4, 0.5) is 5.95 Å². The lowest BCUT2D eigenvalue weighted by molar-refractivity contribution is 0.171. The summed E-state index contributed by atoms with van der Waals surface area (Å²) in [6.07, 6.45) is 1.84. The molecule has 1 aliphatic rings. The maximum atomic E-state index is 5.61. The van der Waals surface area contributed by atoms with Crippen LogP contribution in [-0.2, 0) is 0 Å². The van der Waals surface area contributed by atoms with Crippen LogP contribution in [0.2, 0.25) is 0 Å². The number of fused-ring (bicyclic) bond motifs is 1. The summed E-state index contributed by atoms with van der Waals surface area (Å²) >= 11 is 1.60. The molecule has 0 radical (unpaired) electrons. The largest absolute Gasteiger partial charge is 0.486 e. The summed E-state index contributed by atoms with van der Waals surface area (Å²) in [5.41, 5.74) is 1.05. The summed E-state index contributed by atoms with van der Waals surface area (Å²) in [5, 5.41) is 4.07. The Bertz CT molecular complexity index is 649. The first-order chi connectivity index (χ1) is 10.3. The lowest BCUT2D eigenvalue weighted by atomic mass is 10.3. The van der Waals surface area contributed by atoms with Crippen LogP contribution in [0.25, 0.3) is 0 Å². The number of anilines is 1. The molecule has 0 atom stereocenters. The molecule has 0 saturated heterocycles. The molecule has 0 saturated carbocycles. The van der Waals surface area contributed by atoms with Crippen molar-refractivity contribution in [2.75, 3.05) is 25.1 Å². The van der Waals surface area contributed by atoms with Crippen molar-refractivity contribution in [2.24, 2.45) is 0 Å². The topological polar surface area (TPSA) is 56.3 Å². The zero-order valence-corrected chi connectivity index (χ0v) is 12.9. The fraction of sp³-hybridized carbons (Fsp3) is 0.333. The first kappa shape index (κ1) is 14.0. The van der Waals surface area contributed by atoms with Crippen molar-refractivity contribution in [3.8, 4) is 11.5 Å². The lowest BCUT2D eigenvalue weighted by Crippen LogP contribution is -2.15. The average Bonchev–Trinajstić information content (AvgIpc) is 2.51. The van der Waals surface area contributed by atoms with Crippen LogP contribution in [-0.4, -0.2) is 29.7 Å². The molecule has 21 heavy (non-hydrogen) atoms. The van der Waals surface area contributed by atoms with E-state index < -0.39 is 0 Å². The van der Waals surface area contributed by atoms with E-state index in [0.29, 0.717) is 19.2 Å². The van der Waals surface area contributed by atoms with Gasteiger partial charge < -0.3 is 14.8 Å². The number of hydrogen-bond acceptors (Lipinski definition) is 6. The van der Waals surface area contributed by atoms with Gasteiger partial charge in [-0.1, -0.05) is 11.8 Å². The predicted octanol–water partition coefficient (Wildman–Crippen LogP) is 3.14. The molecule has 6 heteroatoms. The summed E-state index contributed by atoms with van der Waals surface area (Å²) < 4.78 is 11.1. The van der Waals surface area contributed by atoms with E-state index in [4.69, 9.17) is 9.47 Å². The molecule has 0 unspecified atom stereocenters. The number of nitrogens with zero attached hydrogens (tertiary/aromatic N) is 2. The summed E-state index contributed by atoms with van der Waals surface area (Å²) in [5.74, 6) is 2.26. The minimum Gasteiger partial charge on any atom is -0.486 e. The van der Waals surface area contributed by atoms with Crippen LogP contribution in [0, 0.1) is 6.92 Å². The Morgan fingerprint density at radius 1 is 1.24 bits per heavy atom. The second-order valence-electron chi connectivity index (χ2n) is 4.62. The van der Waals surface area contributed by atoms with Gasteiger partial charge in [-0.3, -0.25) is 0 Å². The van der Waals surface area contributed by atoms with Crippen molar-refractivity contribution in [3.05, 3.63) is 30.0 Å². The fourth-order valence-electron chi connectivity index (χ4n) is 1.97. The second kappa shape index (κ2) is 6.22. The van der Waals surface area contributed by atoms with Gasteiger partial charge in [-0.25, -0.2) is 9.97 Å². The summed E-state index contributed by atoms with van der Waals surface area (Å²) in [4.78, 5) is 9.87. The number of aromatic nitrogens is 2. The van der Waals surface area contributed by atoms with Crippen molar-refractivity contribution in [2.45, 2.75) is 23.8 Å². The number of hydrogen-bond donors (Lipinski definition) is 1. The van der Waals surface area contributed by atoms with Crippen molar-refractivity contribution in [3.63, 3.8) is 0 Å². The molecule has 2 aromatic rings. The quantitative estimate of drug-likeness (QED) is 0.876. The van der Waals surface area contributed by atoms with Gasteiger partial charge in [0.15, 0.2) is 11.5 Å². The summed E-state index contributed by atoms with van der Waals surface area (Å²) in [6, 6.07) is 5.96. The fourth-order valence-corrected chi connectivity index (χ4v) is 2.84. The van der Waals surface area contributed by atoms with Gasteiger partial charge in [0.05, 0.1) is 0 Å². The Balaban J connectivity index is 1.84. The van der Waals surface area contributed by atoms with E-state index in [2.05, 4.69) is 15.3 Å². The van der Waals surface area contributed by atoms with Crippen LogP contribution < -0.4 is 14.8 Å². The predicted molar refractivity (Wildman–Crippen MR) is 82.5 cm³/mol. The van der Waals surface area contributed by atoms with Gasteiger partial charge in [-0.05, 0) is 32.0 Å². The molecule has 3 rings (SSSR count). The lowest BCUT2D eigenvalue weighted by Gasteiger charge is -2.18. The van der Waals surface area contributed by atoms with E-state index in [-0.39, 0.29) is 0 Å². The molecule has 1 N–H and O–H groups in total. The van der Waals surface area contributed by atoms with Crippen molar-refractivity contribution < 1.29 is 9.47 Å². The van der Waals surface area contributed by atoms with E-state index in [9.17, 15) is 0 Å².